The summed E-state index contributed by atoms with van der Waals surface area (Å²) in [6.45, 7) is 3.71. The Hall–Kier alpha value is -2.41. The molecule has 4 rings (SSSR count). The molecule has 2 aliphatic heterocycles. The van der Waals surface area contributed by atoms with Gasteiger partial charge in [-0.2, -0.15) is 0 Å². The molecule has 0 spiro atoms. The van der Waals surface area contributed by atoms with Crippen molar-refractivity contribution in [1.29, 1.82) is 0 Å². The first-order chi connectivity index (χ1) is 12.2. The van der Waals surface area contributed by atoms with Crippen molar-refractivity contribution < 1.29 is 9.53 Å². The van der Waals surface area contributed by atoms with Crippen molar-refractivity contribution in [2.24, 2.45) is 0 Å². The highest BCUT2D eigenvalue weighted by Crippen LogP contribution is 2.25. The van der Waals surface area contributed by atoms with Gasteiger partial charge in [0.05, 0.1) is 12.1 Å². The molecule has 1 saturated heterocycles. The molecule has 0 unspecified atom stereocenters. The van der Waals surface area contributed by atoms with Gasteiger partial charge in [-0.05, 0) is 38.3 Å². The Morgan fingerprint density at radius 3 is 3.12 bits per heavy atom. The third-order valence-electron chi connectivity index (χ3n) is 4.87. The van der Waals surface area contributed by atoms with Crippen LogP contribution in [-0.2, 0) is 17.7 Å². The number of nitrogens with zero attached hydrogens (tertiary/aromatic N) is 3. The second-order valence-electron chi connectivity index (χ2n) is 6.71. The minimum Gasteiger partial charge on any atom is -0.376 e. The first-order valence-electron chi connectivity index (χ1n) is 8.92. The van der Waals surface area contributed by atoms with E-state index in [1.165, 1.54) is 0 Å². The lowest BCUT2D eigenvalue weighted by molar-refractivity contribution is 0.0868. The van der Waals surface area contributed by atoms with Crippen LogP contribution in [0, 0.1) is 0 Å². The smallest absolute Gasteiger partial charge is 0.319 e. The number of nitrogens with one attached hydrogen (secondary N) is 2. The van der Waals surface area contributed by atoms with Crippen LogP contribution < -0.4 is 10.6 Å². The van der Waals surface area contributed by atoms with E-state index in [2.05, 4.69) is 25.4 Å². The molecule has 7 nitrogen and oxygen atoms in total. The average Bonchev–Trinajstić information content (AvgIpc) is 3.32. The van der Waals surface area contributed by atoms with Crippen LogP contribution in [0.4, 0.5) is 10.5 Å². The number of fused-ring (bicyclic) bond motifs is 1. The van der Waals surface area contributed by atoms with E-state index in [0.29, 0.717) is 0 Å². The monoisotopic (exact) mass is 341 g/mol. The quantitative estimate of drug-likeness (QED) is 0.896. The number of rotatable bonds is 4. The third kappa shape index (κ3) is 3.37. The van der Waals surface area contributed by atoms with Gasteiger partial charge < -0.3 is 19.9 Å². The summed E-state index contributed by atoms with van der Waals surface area (Å²) >= 11 is 0. The summed E-state index contributed by atoms with van der Waals surface area (Å²) in [5, 5.41) is 14.4. The molecular weight excluding hydrogens is 318 g/mol. The van der Waals surface area contributed by atoms with Crippen molar-refractivity contribution in [2.75, 3.05) is 11.9 Å². The van der Waals surface area contributed by atoms with Crippen LogP contribution in [-0.4, -0.2) is 39.5 Å². The van der Waals surface area contributed by atoms with Gasteiger partial charge in [0.25, 0.3) is 0 Å². The zero-order valence-electron chi connectivity index (χ0n) is 14.4. The Kier molecular flexibility index (Phi) is 4.40. The molecule has 7 heteroatoms. The number of benzene rings is 1. The summed E-state index contributed by atoms with van der Waals surface area (Å²) in [5.74, 6) is 1.90. The molecule has 0 bridgehead atoms. The normalized spacial score (nSPS) is 20.3. The van der Waals surface area contributed by atoms with Crippen molar-refractivity contribution in [3.63, 3.8) is 0 Å². The van der Waals surface area contributed by atoms with Crippen LogP contribution >= 0.6 is 0 Å². The van der Waals surface area contributed by atoms with E-state index in [1.54, 1.807) is 0 Å². The number of hydrogen-bond donors (Lipinski definition) is 2. The van der Waals surface area contributed by atoms with E-state index < -0.39 is 0 Å². The number of ether oxygens (including phenoxy) is 1. The maximum atomic E-state index is 12.3. The van der Waals surface area contributed by atoms with Crippen molar-refractivity contribution in [3.8, 4) is 11.4 Å². The van der Waals surface area contributed by atoms with Crippen molar-refractivity contribution in [1.82, 2.24) is 20.1 Å². The minimum absolute atomic E-state index is 0.00884. The summed E-state index contributed by atoms with van der Waals surface area (Å²) in [4.78, 5) is 12.3. The van der Waals surface area contributed by atoms with Gasteiger partial charge in [-0.1, -0.05) is 12.1 Å². The number of urea groups is 1. The fraction of sp³-hybridized carbons (Fsp3) is 0.500. The molecule has 25 heavy (non-hydrogen) atoms. The average molecular weight is 341 g/mol. The van der Waals surface area contributed by atoms with E-state index >= 15 is 0 Å². The lowest BCUT2D eigenvalue weighted by Gasteiger charge is -2.20. The zero-order valence-corrected chi connectivity index (χ0v) is 14.4. The predicted molar refractivity (Wildman–Crippen MR) is 94.4 cm³/mol. The molecule has 2 N–H and O–H groups in total. The molecule has 0 saturated carbocycles. The maximum absolute atomic E-state index is 12.3. The van der Waals surface area contributed by atoms with E-state index in [9.17, 15) is 4.79 Å². The number of aryl methyl sites for hydroxylation is 1. The number of aromatic nitrogens is 3. The third-order valence-corrected chi connectivity index (χ3v) is 4.87. The summed E-state index contributed by atoms with van der Waals surface area (Å²) in [7, 11) is 0. The van der Waals surface area contributed by atoms with Crippen LogP contribution in [0.3, 0.4) is 0 Å². The van der Waals surface area contributed by atoms with Gasteiger partial charge >= 0.3 is 6.03 Å². The van der Waals surface area contributed by atoms with Gasteiger partial charge in [-0.15, -0.1) is 10.2 Å². The molecule has 2 aromatic rings. The molecule has 1 aromatic carbocycles. The van der Waals surface area contributed by atoms with Crippen LogP contribution in [0.1, 0.15) is 32.0 Å². The molecule has 2 aliphatic rings. The topological polar surface area (TPSA) is 81.1 Å². The summed E-state index contributed by atoms with van der Waals surface area (Å²) in [6.07, 6.45) is 4.25. The molecule has 1 aromatic heterocycles. The number of carbonyl (C=O) groups is 1. The molecule has 1 fully saturated rings. The number of carbonyl (C=O) groups excluding carboxylic acids is 1. The number of hydrogen-bond acceptors (Lipinski definition) is 4. The Bertz CT molecular complexity index is 767. The summed E-state index contributed by atoms with van der Waals surface area (Å²) in [5.41, 5.74) is 1.70. The van der Waals surface area contributed by atoms with Gasteiger partial charge in [0.1, 0.15) is 5.82 Å². The lowest BCUT2D eigenvalue weighted by Crippen LogP contribution is -2.42. The highest BCUT2D eigenvalue weighted by molar-refractivity contribution is 5.90. The standard InChI is InChI=1S/C18H23N5O2/c1-12(15-7-4-10-25-15)19-18(24)20-14-6-2-5-13(11-14)17-22-21-16-8-3-9-23(16)17/h2,5-6,11-12,15H,3-4,7-10H2,1H3,(H2,19,20,24)/t12-,15-/m0/s1. The number of anilines is 1. The molecule has 0 aliphatic carbocycles. The van der Waals surface area contributed by atoms with E-state index in [4.69, 9.17) is 4.74 Å². The van der Waals surface area contributed by atoms with Gasteiger partial charge in [0.15, 0.2) is 5.82 Å². The molecular formula is C18H23N5O2. The van der Waals surface area contributed by atoms with Crippen LogP contribution in [0.5, 0.6) is 0 Å². The summed E-state index contributed by atoms with van der Waals surface area (Å²) < 4.78 is 7.77. The first-order valence-corrected chi connectivity index (χ1v) is 8.92. The highest BCUT2D eigenvalue weighted by Gasteiger charge is 2.24. The fourth-order valence-corrected chi connectivity index (χ4v) is 3.56. The Morgan fingerprint density at radius 2 is 2.28 bits per heavy atom. The van der Waals surface area contributed by atoms with Crippen LogP contribution in [0.15, 0.2) is 24.3 Å². The second-order valence-corrected chi connectivity index (χ2v) is 6.71. The SMILES string of the molecule is C[C@H](NC(=O)Nc1cccc(-c2nnc3n2CCC3)c1)[C@@H]1CCCO1. The van der Waals surface area contributed by atoms with Crippen LogP contribution in [0.2, 0.25) is 0 Å². The van der Waals surface area contributed by atoms with Gasteiger partial charge in [0.2, 0.25) is 0 Å². The van der Waals surface area contributed by atoms with Gasteiger partial charge in [-0.3, -0.25) is 0 Å². The lowest BCUT2D eigenvalue weighted by atomic mass is 10.1. The highest BCUT2D eigenvalue weighted by atomic mass is 16.5. The molecule has 2 atom stereocenters. The van der Waals surface area contributed by atoms with Crippen molar-refractivity contribution in [3.05, 3.63) is 30.1 Å². The Morgan fingerprint density at radius 1 is 1.36 bits per heavy atom. The van der Waals surface area contributed by atoms with Gasteiger partial charge in [0, 0.05) is 30.8 Å². The Labute approximate surface area is 146 Å². The van der Waals surface area contributed by atoms with Crippen LogP contribution in [0.25, 0.3) is 11.4 Å². The summed E-state index contributed by atoms with van der Waals surface area (Å²) in [6, 6.07) is 7.50. The van der Waals surface area contributed by atoms with Gasteiger partial charge in [-0.25, -0.2) is 4.79 Å². The fourth-order valence-electron chi connectivity index (χ4n) is 3.56. The van der Waals surface area contributed by atoms with E-state index in [1.807, 2.05) is 31.2 Å². The minimum atomic E-state index is -0.216. The van der Waals surface area contributed by atoms with Crippen molar-refractivity contribution >= 4 is 11.7 Å². The molecule has 2 amide bonds. The zero-order chi connectivity index (χ0) is 17.2. The second kappa shape index (κ2) is 6.84. The van der Waals surface area contributed by atoms with E-state index in [-0.39, 0.29) is 18.2 Å². The largest absolute Gasteiger partial charge is 0.376 e. The predicted octanol–water partition coefficient (Wildman–Crippen LogP) is 2.58. The Balaban J connectivity index is 1.43. The molecule has 3 heterocycles. The van der Waals surface area contributed by atoms with E-state index in [0.717, 1.165) is 61.7 Å². The molecule has 132 valence electrons. The number of amides is 2. The molecule has 0 radical (unpaired) electrons. The first kappa shape index (κ1) is 16.1. The maximum Gasteiger partial charge on any atom is 0.319 e. The van der Waals surface area contributed by atoms with Crippen molar-refractivity contribution in [2.45, 2.75) is 51.3 Å².